The van der Waals surface area contributed by atoms with Crippen LogP contribution in [0, 0.1) is 0 Å². The second kappa shape index (κ2) is 2.90. The molecule has 1 aliphatic rings. The summed E-state index contributed by atoms with van der Waals surface area (Å²) in [7, 11) is 0. The Balaban J connectivity index is 2.41. The van der Waals surface area contributed by atoms with Crippen LogP contribution in [0.4, 0.5) is 0 Å². The van der Waals surface area contributed by atoms with Gasteiger partial charge in [0.2, 0.25) is 0 Å². The van der Waals surface area contributed by atoms with Gasteiger partial charge in [0, 0.05) is 10.6 Å². The van der Waals surface area contributed by atoms with E-state index in [0.717, 1.165) is 6.42 Å². The lowest BCUT2D eigenvalue weighted by molar-refractivity contribution is 1.08. The zero-order valence-electron chi connectivity index (χ0n) is 6.76. The van der Waals surface area contributed by atoms with Crippen molar-refractivity contribution in [1.29, 1.82) is 0 Å². The molecular weight excluding hydrogens is 152 g/mol. The molecule has 0 saturated heterocycles. The third-order valence-corrected chi connectivity index (χ3v) is 3.28. The van der Waals surface area contributed by atoms with Gasteiger partial charge in [-0.2, -0.15) is 0 Å². The Morgan fingerprint density at radius 1 is 1.45 bits per heavy atom. The molecule has 0 amide bonds. The quantitative estimate of drug-likeness (QED) is 0.615. The van der Waals surface area contributed by atoms with Crippen molar-refractivity contribution in [1.82, 2.24) is 0 Å². The van der Waals surface area contributed by atoms with Crippen molar-refractivity contribution in [2.24, 2.45) is 0 Å². The molecule has 0 saturated carbocycles. The van der Waals surface area contributed by atoms with Crippen LogP contribution in [0.5, 0.6) is 0 Å². The first-order valence-electron chi connectivity index (χ1n) is 4.15. The average Bonchev–Trinajstić information content (AvgIpc) is 2.50. The second-order valence-electron chi connectivity index (χ2n) is 2.89. The Kier molecular flexibility index (Phi) is 1.91. The molecule has 1 heterocycles. The van der Waals surface area contributed by atoms with Crippen LogP contribution in [0.1, 0.15) is 18.1 Å². The minimum absolute atomic E-state index is 1.16. The van der Waals surface area contributed by atoms with E-state index in [2.05, 4.69) is 25.1 Å². The van der Waals surface area contributed by atoms with E-state index < -0.39 is 0 Å². The van der Waals surface area contributed by atoms with Crippen LogP contribution in [0.15, 0.2) is 23.1 Å². The van der Waals surface area contributed by atoms with Gasteiger partial charge in [0.1, 0.15) is 0 Å². The van der Waals surface area contributed by atoms with Gasteiger partial charge in [-0.15, -0.1) is 11.8 Å². The Morgan fingerprint density at radius 3 is 3.18 bits per heavy atom. The van der Waals surface area contributed by atoms with Gasteiger partial charge in [-0.3, -0.25) is 0 Å². The summed E-state index contributed by atoms with van der Waals surface area (Å²) < 4.78 is 0. The Bertz CT molecular complexity index is 266. The number of hydrogen-bond donors (Lipinski definition) is 0. The van der Waals surface area contributed by atoms with Crippen molar-refractivity contribution in [3.63, 3.8) is 0 Å². The molecule has 0 N–H and O–H groups in total. The lowest BCUT2D eigenvalue weighted by atomic mass is 10.1. The van der Waals surface area contributed by atoms with Gasteiger partial charge in [0.05, 0.1) is 0 Å². The lowest BCUT2D eigenvalue weighted by Crippen LogP contribution is -1.84. The monoisotopic (exact) mass is 164 g/mol. The fourth-order valence-electron chi connectivity index (χ4n) is 1.46. The van der Waals surface area contributed by atoms with E-state index >= 15 is 0 Å². The minimum Gasteiger partial charge on any atom is -0.126 e. The van der Waals surface area contributed by atoms with Crippen LogP contribution in [-0.4, -0.2) is 5.75 Å². The molecule has 1 aromatic carbocycles. The molecule has 0 atom stereocenters. The van der Waals surface area contributed by atoms with E-state index in [0.29, 0.717) is 0 Å². The van der Waals surface area contributed by atoms with Crippen molar-refractivity contribution >= 4 is 11.8 Å². The molecule has 0 nitrogen and oxygen atoms in total. The minimum atomic E-state index is 1.16. The van der Waals surface area contributed by atoms with Gasteiger partial charge in [-0.05, 0) is 30.0 Å². The van der Waals surface area contributed by atoms with Crippen molar-refractivity contribution in [3.05, 3.63) is 29.3 Å². The molecule has 1 aromatic rings. The number of fused-ring (bicyclic) bond motifs is 1. The summed E-state index contributed by atoms with van der Waals surface area (Å²) in [4.78, 5) is 1.50. The lowest BCUT2D eigenvalue weighted by Gasteiger charge is -2.00. The topological polar surface area (TPSA) is 0 Å². The fourth-order valence-corrected chi connectivity index (χ4v) is 2.51. The summed E-state index contributed by atoms with van der Waals surface area (Å²) in [6, 6.07) is 6.87. The van der Waals surface area contributed by atoms with Crippen molar-refractivity contribution < 1.29 is 0 Å². The zero-order chi connectivity index (χ0) is 7.68. The van der Waals surface area contributed by atoms with E-state index in [9.17, 15) is 0 Å². The summed E-state index contributed by atoms with van der Waals surface area (Å²) >= 11 is 1.99. The second-order valence-corrected chi connectivity index (χ2v) is 4.03. The standard InChI is InChI=1S/C10H12S/c1-2-8-3-4-10-9(7-8)5-6-11-10/h3-4,7H,2,5-6H2,1H3. The summed E-state index contributed by atoms with van der Waals surface area (Å²) in [5, 5.41) is 0. The smallest absolute Gasteiger partial charge is 0.0105 e. The van der Waals surface area contributed by atoms with E-state index in [1.807, 2.05) is 11.8 Å². The maximum atomic E-state index is 2.36. The summed E-state index contributed by atoms with van der Waals surface area (Å²) in [6.07, 6.45) is 2.44. The third-order valence-electron chi connectivity index (χ3n) is 2.16. The molecule has 0 spiro atoms. The number of aryl methyl sites for hydroxylation is 2. The molecule has 1 aliphatic heterocycles. The highest BCUT2D eigenvalue weighted by Crippen LogP contribution is 2.31. The molecule has 0 bridgehead atoms. The maximum Gasteiger partial charge on any atom is 0.0105 e. The highest BCUT2D eigenvalue weighted by atomic mass is 32.2. The Labute approximate surface area is 72.0 Å². The molecule has 2 rings (SSSR count). The van der Waals surface area contributed by atoms with E-state index in [1.54, 1.807) is 5.56 Å². The number of rotatable bonds is 1. The van der Waals surface area contributed by atoms with Gasteiger partial charge >= 0.3 is 0 Å². The maximum absolute atomic E-state index is 2.36. The van der Waals surface area contributed by atoms with Crippen molar-refractivity contribution in [2.45, 2.75) is 24.7 Å². The molecule has 1 heteroatoms. The van der Waals surface area contributed by atoms with Crippen molar-refractivity contribution in [2.75, 3.05) is 5.75 Å². The summed E-state index contributed by atoms with van der Waals surface area (Å²) in [5.74, 6) is 1.28. The number of hydrogen-bond acceptors (Lipinski definition) is 1. The van der Waals surface area contributed by atoms with Crippen LogP contribution < -0.4 is 0 Å². The Hall–Kier alpha value is -0.430. The van der Waals surface area contributed by atoms with Crippen molar-refractivity contribution in [3.8, 4) is 0 Å². The molecule has 0 radical (unpaired) electrons. The average molecular weight is 164 g/mol. The van der Waals surface area contributed by atoms with Crippen LogP contribution in [0.25, 0.3) is 0 Å². The first kappa shape index (κ1) is 7.23. The van der Waals surface area contributed by atoms with Gasteiger partial charge < -0.3 is 0 Å². The SMILES string of the molecule is CCc1ccc2c(c1)CCS2. The van der Waals surface area contributed by atoms with E-state index in [-0.39, 0.29) is 0 Å². The first-order chi connectivity index (χ1) is 5.40. The van der Waals surface area contributed by atoms with Gasteiger partial charge in [0.15, 0.2) is 0 Å². The number of thioether (sulfide) groups is 1. The van der Waals surface area contributed by atoms with E-state index in [1.165, 1.54) is 22.6 Å². The van der Waals surface area contributed by atoms with Gasteiger partial charge in [0.25, 0.3) is 0 Å². The summed E-state index contributed by atoms with van der Waals surface area (Å²) in [6.45, 7) is 2.21. The fraction of sp³-hybridized carbons (Fsp3) is 0.400. The summed E-state index contributed by atoms with van der Waals surface area (Å²) in [5.41, 5.74) is 3.04. The van der Waals surface area contributed by atoms with Crippen LogP contribution in [-0.2, 0) is 12.8 Å². The normalized spacial score (nSPS) is 15.0. The zero-order valence-corrected chi connectivity index (χ0v) is 7.58. The van der Waals surface area contributed by atoms with Crippen LogP contribution in [0.2, 0.25) is 0 Å². The van der Waals surface area contributed by atoms with Gasteiger partial charge in [-0.25, -0.2) is 0 Å². The predicted molar refractivity (Wildman–Crippen MR) is 50.2 cm³/mol. The highest BCUT2D eigenvalue weighted by Gasteiger charge is 2.10. The highest BCUT2D eigenvalue weighted by molar-refractivity contribution is 7.99. The van der Waals surface area contributed by atoms with Crippen LogP contribution >= 0.6 is 11.8 Å². The Morgan fingerprint density at radius 2 is 2.36 bits per heavy atom. The molecule has 0 aromatic heterocycles. The molecule has 58 valence electrons. The largest absolute Gasteiger partial charge is 0.126 e. The van der Waals surface area contributed by atoms with Gasteiger partial charge in [-0.1, -0.05) is 19.1 Å². The first-order valence-corrected chi connectivity index (χ1v) is 5.13. The molecule has 11 heavy (non-hydrogen) atoms. The predicted octanol–water partition coefficient (Wildman–Crippen LogP) is 2.90. The number of benzene rings is 1. The molecule has 0 aliphatic carbocycles. The van der Waals surface area contributed by atoms with E-state index in [4.69, 9.17) is 0 Å². The molecular formula is C10H12S. The third kappa shape index (κ3) is 1.30. The molecule has 0 fully saturated rings. The van der Waals surface area contributed by atoms with Crippen LogP contribution in [0.3, 0.4) is 0 Å². The molecule has 0 unspecified atom stereocenters.